The van der Waals surface area contributed by atoms with Gasteiger partial charge in [0.05, 0.1) is 0 Å². The molecule has 0 aromatic heterocycles. The summed E-state index contributed by atoms with van der Waals surface area (Å²) >= 11 is 0. The molecule has 0 heterocycles. The van der Waals surface area contributed by atoms with E-state index in [1.54, 1.807) is 0 Å². The molecule has 0 aromatic carbocycles. The summed E-state index contributed by atoms with van der Waals surface area (Å²) in [6, 6.07) is 0. The summed E-state index contributed by atoms with van der Waals surface area (Å²) in [7, 11) is 0. The third-order valence-corrected chi connectivity index (χ3v) is 1.33. The van der Waals surface area contributed by atoms with Crippen molar-refractivity contribution in [2.75, 3.05) is 0 Å². The molecule has 4 nitrogen and oxygen atoms in total. The van der Waals surface area contributed by atoms with E-state index in [1.807, 2.05) is 0 Å². The maximum atomic E-state index is 10.6. The lowest BCUT2D eigenvalue weighted by Gasteiger charge is -2.17. The van der Waals surface area contributed by atoms with Crippen molar-refractivity contribution in [3.63, 3.8) is 0 Å². The lowest BCUT2D eigenvalue weighted by atomic mass is 9.93. The van der Waals surface area contributed by atoms with Gasteiger partial charge in [0.2, 0.25) is 0 Å². The second kappa shape index (κ2) is 4.11. The van der Waals surface area contributed by atoms with Crippen LogP contribution in [0.25, 0.3) is 0 Å². The summed E-state index contributed by atoms with van der Waals surface area (Å²) in [6.07, 6.45) is -0.345. The number of Topliss-reactive ketones (excluding diaryl/α,β-unsaturated/α-hetero) is 2. The van der Waals surface area contributed by atoms with E-state index in [9.17, 15) is 19.5 Å². The summed E-state index contributed by atoms with van der Waals surface area (Å²) < 4.78 is 0. The predicted octanol–water partition coefficient (Wildman–Crippen LogP) is -0.125. The highest BCUT2D eigenvalue weighted by atomic mass is 16.3. The standard InChI is InChI=1S/C8H12O4/c1-6(10)3-8(12,5-9)4-7(2)11/h5,12H,3-4H2,1-2H3. The maximum absolute atomic E-state index is 10.6. The van der Waals surface area contributed by atoms with Gasteiger partial charge in [-0.25, -0.2) is 0 Å². The van der Waals surface area contributed by atoms with Gasteiger partial charge in [-0.15, -0.1) is 0 Å². The van der Waals surface area contributed by atoms with Gasteiger partial charge >= 0.3 is 0 Å². The Morgan fingerprint density at radius 2 is 1.58 bits per heavy atom. The van der Waals surface area contributed by atoms with Gasteiger partial charge in [0.1, 0.15) is 17.2 Å². The zero-order valence-corrected chi connectivity index (χ0v) is 7.16. The van der Waals surface area contributed by atoms with Crippen molar-refractivity contribution in [2.24, 2.45) is 0 Å². The molecule has 0 aliphatic carbocycles. The molecule has 0 saturated heterocycles. The summed E-state index contributed by atoms with van der Waals surface area (Å²) in [4.78, 5) is 31.5. The van der Waals surface area contributed by atoms with E-state index < -0.39 is 5.60 Å². The van der Waals surface area contributed by atoms with Crippen LogP contribution in [0.2, 0.25) is 0 Å². The molecule has 0 aliphatic heterocycles. The number of carbonyl (C=O) groups is 3. The van der Waals surface area contributed by atoms with Crippen molar-refractivity contribution >= 4 is 17.9 Å². The van der Waals surface area contributed by atoms with Gasteiger partial charge in [-0.05, 0) is 13.8 Å². The van der Waals surface area contributed by atoms with Crippen LogP contribution < -0.4 is 0 Å². The van der Waals surface area contributed by atoms with Crippen LogP contribution in [0.3, 0.4) is 0 Å². The topological polar surface area (TPSA) is 71.4 Å². The molecule has 1 N–H and O–H groups in total. The number of ketones is 2. The third kappa shape index (κ3) is 3.98. The molecular formula is C8H12O4. The molecule has 0 bridgehead atoms. The first-order chi connectivity index (χ1) is 5.39. The molecule has 0 radical (unpaired) electrons. The normalized spacial score (nSPS) is 10.9. The van der Waals surface area contributed by atoms with Crippen LogP contribution in [0.4, 0.5) is 0 Å². The average molecular weight is 172 g/mol. The second-order valence-electron chi connectivity index (χ2n) is 2.98. The number of rotatable bonds is 5. The van der Waals surface area contributed by atoms with Crippen LogP contribution in [0.15, 0.2) is 0 Å². The van der Waals surface area contributed by atoms with Crippen LogP contribution in [-0.2, 0) is 14.4 Å². The largest absolute Gasteiger partial charge is 0.381 e. The van der Waals surface area contributed by atoms with Crippen LogP contribution in [-0.4, -0.2) is 28.6 Å². The zero-order chi connectivity index (χ0) is 9.78. The van der Waals surface area contributed by atoms with Crippen molar-refractivity contribution in [2.45, 2.75) is 32.3 Å². The lowest BCUT2D eigenvalue weighted by Crippen LogP contribution is -2.35. The molecular weight excluding hydrogens is 160 g/mol. The van der Waals surface area contributed by atoms with E-state index in [2.05, 4.69) is 0 Å². The Hall–Kier alpha value is -1.03. The van der Waals surface area contributed by atoms with Crippen LogP contribution in [0, 0.1) is 0 Å². The Morgan fingerprint density at radius 3 is 1.75 bits per heavy atom. The molecule has 0 atom stereocenters. The van der Waals surface area contributed by atoms with Crippen molar-refractivity contribution in [1.82, 2.24) is 0 Å². The van der Waals surface area contributed by atoms with E-state index in [-0.39, 0.29) is 30.7 Å². The first kappa shape index (κ1) is 11.0. The maximum Gasteiger partial charge on any atom is 0.152 e. The SMILES string of the molecule is CC(=O)CC(O)(C=O)CC(C)=O. The van der Waals surface area contributed by atoms with E-state index in [1.165, 1.54) is 13.8 Å². The minimum Gasteiger partial charge on any atom is -0.381 e. The van der Waals surface area contributed by atoms with E-state index in [0.29, 0.717) is 0 Å². The second-order valence-corrected chi connectivity index (χ2v) is 2.98. The van der Waals surface area contributed by atoms with Crippen molar-refractivity contribution in [3.05, 3.63) is 0 Å². The van der Waals surface area contributed by atoms with E-state index in [4.69, 9.17) is 0 Å². The molecule has 0 amide bonds. The minimum absolute atomic E-state index is 0.246. The molecule has 0 unspecified atom stereocenters. The Morgan fingerprint density at radius 1 is 1.25 bits per heavy atom. The van der Waals surface area contributed by atoms with Crippen LogP contribution >= 0.6 is 0 Å². The Balaban J connectivity index is 4.33. The van der Waals surface area contributed by atoms with Crippen molar-refractivity contribution in [1.29, 1.82) is 0 Å². The molecule has 0 aromatic rings. The average Bonchev–Trinajstić information content (AvgIpc) is 1.83. The number of aldehydes is 1. The highest BCUT2D eigenvalue weighted by Gasteiger charge is 2.29. The molecule has 0 spiro atoms. The fraction of sp³-hybridized carbons (Fsp3) is 0.625. The minimum atomic E-state index is -1.79. The number of hydrogen-bond donors (Lipinski definition) is 1. The summed E-state index contributed by atoms with van der Waals surface area (Å²) in [6.45, 7) is 2.52. The molecule has 0 fully saturated rings. The van der Waals surface area contributed by atoms with Crippen LogP contribution in [0.5, 0.6) is 0 Å². The van der Waals surface area contributed by atoms with Gasteiger partial charge in [-0.2, -0.15) is 0 Å². The Labute approximate surface area is 70.6 Å². The van der Waals surface area contributed by atoms with E-state index >= 15 is 0 Å². The number of aliphatic hydroxyl groups is 1. The monoisotopic (exact) mass is 172 g/mol. The quantitative estimate of drug-likeness (QED) is 0.586. The van der Waals surface area contributed by atoms with Gasteiger partial charge in [0.15, 0.2) is 6.29 Å². The fourth-order valence-corrected chi connectivity index (χ4v) is 1.01. The summed E-state index contributed by atoms with van der Waals surface area (Å²) in [5.74, 6) is -0.628. The number of hydrogen-bond acceptors (Lipinski definition) is 4. The van der Waals surface area contributed by atoms with Gasteiger partial charge in [0, 0.05) is 12.8 Å². The van der Waals surface area contributed by atoms with E-state index in [0.717, 1.165) is 0 Å². The highest BCUT2D eigenvalue weighted by Crippen LogP contribution is 2.13. The summed E-state index contributed by atoms with van der Waals surface area (Å²) in [5, 5.41) is 9.35. The Bertz CT molecular complexity index is 191. The molecule has 0 aliphatic rings. The number of carbonyl (C=O) groups excluding carboxylic acids is 3. The molecule has 0 saturated carbocycles. The van der Waals surface area contributed by atoms with Gasteiger partial charge in [-0.1, -0.05) is 0 Å². The van der Waals surface area contributed by atoms with Gasteiger partial charge < -0.3 is 9.90 Å². The highest BCUT2D eigenvalue weighted by molar-refractivity contribution is 5.87. The molecule has 68 valence electrons. The zero-order valence-electron chi connectivity index (χ0n) is 7.16. The first-order valence-corrected chi connectivity index (χ1v) is 3.57. The van der Waals surface area contributed by atoms with Gasteiger partial charge in [-0.3, -0.25) is 9.59 Å². The molecule has 0 rings (SSSR count). The molecule has 12 heavy (non-hydrogen) atoms. The van der Waals surface area contributed by atoms with Crippen molar-refractivity contribution < 1.29 is 19.5 Å². The predicted molar refractivity (Wildman–Crippen MR) is 41.6 cm³/mol. The lowest BCUT2D eigenvalue weighted by molar-refractivity contribution is -0.137. The molecule has 4 heteroatoms. The van der Waals surface area contributed by atoms with Crippen LogP contribution in [0.1, 0.15) is 26.7 Å². The van der Waals surface area contributed by atoms with Crippen molar-refractivity contribution in [3.8, 4) is 0 Å². The summed E-state index contributed by atoms with van der Waals surface area (Å²) in [5.41, 5.74) is -1.79. The fourth-order valence-electron chi connectivity index (χ4n) is 1.01. The first-order valence-electron chi connectivity index (χ1n) is 3.57. The third-order valence-electron chi connectivity index (χ3n) is 1.33. The van der Waals surface area contributed by atoms with Gasteiger partial charge in [0.25, 0.3) is 0 Å². The Kier molecular flexibility index (Phi) is 3.76. The smallest absolute Gasteiger partial charge is 0.152 e.